The molecule has 8 nitrogen and oxygen atoms in total. The van der Waals surface area contributed by atoms with Crippen molar-refractivity contribution in [2.75, 3.05) is 19.6 Å². The van der Waals surface area contributed by atoms with E-state index in [0.717, 1.165) is 6.42 Å². The van der Waals surface area contributed by atoms with E-state index in [4.69, 9.17) is 5.53 Å². The normalized spacial score (nSPS) is 14.5. The van der Waals surface area contributed by atoms with Gasteiger partial charge in [-0.2, -0.15) is 0 Å². The number of amides is 3. The fourth-order valence-electron chi connectivity index (χ4n) is 1.37. The standard InChI is InChI=1S/C8H11N5O3/c9-12-10-4-6(14)11-7(15)5-13-3-1-2-8(13)16/h1-5H2,(H,11,14,15). The Morgan fingerprint density at radius 2 is 2.25 bits per heavy atom. The zero-order valence-electron chi connectivity index (χ0n) is 8.55. The number of nitrogens with zero attached hydrogens (tertiary/aromatic N) is 4. The van der Waals surface area contributed by atoms with Crippen molar-refractivity contribution in [3.63, 3.8) is 0 Å². The summed E-state index contributed by atoms with van der Waals surface area (Å²) in [5.74, 6) is -1.32. The van der Waals surface area contributed by atoms with Crippen LogP contribution in [0.1, 0.15) is 12.8 Å². The maximum Gasteiger partial charge on any atom is 0.246 e. The number of rotatable bonds is 4. The van der Waals surface area contributed by atoms with Crippen molar-refractivity contribution in [3.8, 4) is 0 Å². The molecule has 1 N–H and O–H groups in total. The van der Waals surface area contributed by atoms with Gasteiger partial charge in [0.05, 0.1) is 6.54 Å². The van der Waals surface area contributed by atoms with Crippen LogP contribution in [0.25, 0.3) is 10.4 Å². The summed E-state index contributed by atoms with van der Waals surface area (Å²) in [6, 6.07) is 0. The molecule has 1 heterocycles. The molecule has 0 spiro atoms. The minimum absolute atomic E-state index is 0.0855. The Labute approximate surface area is 91.2 Å². The van der Waals surface area contributed by atoms with Crippen LogP contribution in [0.15, 0.2) is 5.11 Å². The van der Waals surface area contributed by atoms with Crippen LogP contribution in [0.5, 0.6) is 0 Å². The lowest BCUT2D eigenvalue weighted by Gasteiger charge is -2.13. The highest BCUT2D eigenvalue weighted by atomic mass is 16.2. The van der Waals surface area contributed by atoms with E-state index in [1.165, 1.54) is 4.90 Å². The number of imide groups is 1. The molecule has 8 heteroatoms. The summed E-state index contributed by atoms with van der Waals surface area (Å²) < 4.78 is 0. The van der Waals surface area contributed by atoms with Gasteiger partial charge in [0.2, 0.25) is 17.7 Å². The lowest BCUT2D eigenvalue weighted by atomic mass is 10.4. The average Bonchev–Trinajstić information content (AvgIpc) is 2.61. The molecule has 0 aromatic rings. The van der Waals surface area contributed by atoms with Crippen LogP contribution < -0.4 is 5.32 Å². The quantitative estimate of drug-likeness (QED) is 0.397. The minimum Gasteiger partial charge on any atom is -0.333 e. The third-order valence-electron chi connectivity index (χ3n) is 2.06. The van der Waals surface area contributed by atoms with Crippen LogP contribution in [0.4, 0.5) is 0 Å². The zero-order chi connectivity index (χ0) is 12.0. The first-order valence-corrected chi connectivity index (χ1v) is 4.75. The summed E-state index contributed by atoms with van der Waals surface area (Å²) in [6.07, 6.45) is 1.18. The number of nitrogens with one attached hydrogen (secondary N) is 1. The average molecular weight is 225 g/mol. The lowest BCUT2D eigenvalue weighted by Crippen LogP contribution is -2.41. The van der Waals surface area contributed by atoms with Crippen molar-refractivity contribution < 1.29 is 14.4 Å². The molecule has 1 rings (SSSR count). The van der Waals surface area contributed by atoms with E-state index < -0.39 is 18.4 Å². The van der Waals surface area contributed by atoms with E-state index in [9.17, 15) is 14.4 Å². The molecule has 0 aliphatic carbocycles. The van der Waals surface area contributed by atoms with E-state index in [1.54, 1.807) is 0 Å². The van der Waals surface area contributed by atoms with Gasteiger partial charge >= 0.3 is 0 Å². The molecule has 0 atom stereocenters. The van der Waals surface area contributed by atoms with Crippen molar-refractivity contribution in [2.24, 2.45) is 5.11 Å². The lowest BCUT2D eigenvalue weighted by molar-refractivity contribution is -0.135. The summed E-state index contributed by atoms with van der Waals surface area (Å²) >= 11 is 0. The molecule has 16 heavy (non-hydrogen) atoms. The van der Waals surface area contributed by atoms with Crippen molar-refractivity contribution in [1.82, 2.24) is 10.2 Å². The van der Waals surface area contributed by atoms with E-state index in [0.29, 0.717) is 13.0 Å². The van der Waals surface area contributed by atoms with Gasteiger partial charge in [-0.1, -0.05) is 5.11 Å². The Kier molecular flexibility index (Phi) is 4.28. The molecule has 1 saturated heterocycles. The van der Waals surface area contributed by atoms with Gasteiger partial charge in [-0.15, -0.1) is 0 Å². The van der Waals surface area contributed by atoms with E-state index in [2.05, 4.69) is 10.0 Å². The molecule has 0 saturated carbocycles. The summed E-state index contributed by atoms with van der Waals surface area (Å²) in [4.78, 5) is 37.2. The van der Waals surface area contributed by atoms with Gasteiger partial charge in [0.1, 0.15) is 6.54 Å². The number of azide groups is 1. The minimum atomic E-state index is -0.672. The summed E-state index contributed by atoms with van der Waals surface area (Å²) in [5, 5.41) is 5.03. The van der Waals surface area contributed by atoms with E-state index in [-0.39, 0.29) is 12.5 Å². The molecular weight excluding hydrogens is 214 g/mol. The van der Waals surface area contributed by atoms with Gasteiger partial charge in [-0.3, -0.25) is 19.7 Å². The van der Waals surface area contributed by atoms with E-state index in [1.807, 2.05) is 5.32 Å². The highest BCUT2D eigenvalue weighted by Gasteiger charge is 2.22. The third kappa shape index (κ3) is 3.58. The maximum absolute atomic E-state index is 11.3. The van der Waals surface area contributed by atoms with Crippen molar-refractivity contribution in [1.29, 1.82) is 0 Å². The van der Waals surface area contributed by atoms with Gasteiger partial charge in [-0.05, 0) is 12.0 Å². The second-order valence-corrected chi connectivity index (χ2v) is 3.28. The molecular formula is C8H11N5O3. The molecule has 0 aromatic heterocycles. The highest BCUT2D eigenvalue weighted by molar-refractivity contribution is 5.98. The van der Waals surface area contributed by atoms with Crippen molar-refractivity contribution >= 4 is 17.7 Å². The maximum atomic E-state index is 11.3. The first-order valence-electron chi connectivity index (χ1n) is 4.75. The molecule has 0 radical (unpaired) electrons. The van der Waals surface area contributed by atoms with Crippen LogP contribution in [0.2, 0.25) is 0 Å². The highest BCUT2D eigenvalue weighted by Crippen LogP contribution is 2.08. The number of carbonyl (C=O) groups excluding carboxylic acids is 3. The molecule has 0 unspecified atom stereocenters. The van der Waals surface area contributed by atoms with E-state index >= 15 is 0 Å². The molecule has 1 aliphatic rings. The first kappa shape index (κ1) is 12.0. The fraction of sp³-hybridized carbons (Fsp3) is 0.625. The zero-order valence-corrected chi connectivity index (χ0v) is 8.55. The topological polar surface area (TPSA) is 115 Å². The van der Waals surface area contributed by atoms with Gasteiger partial charge in [0.15, 0.2) is 0 Å². The predicted molar refractivity (Wildman–Crippen MR) is 53.0 cm³/mol. The first-order chi connectivity index (χ1) is 7.63. The van der Waals surface area contributed by atoms with Gasteiger partial charge in [0.25, 0.3) is 0 Å². The molecule has 1 fully saturated rings. The molecule has 0 bridgehead atoms. The molecule has 3 amide bonds. The third-order valence-corrected chi connectivity index (χ3v) is 2.06. The largest absolute Gasteiger partial charge is 0.333 e. The van der Waals surface area contributed by atoms with Gasteiger partial charge in [-0.25, -0.2) is 0 Å². The van der Waals surface area contributed by atoms with Crippen LogP contribution >= 0.6 is 0 Å². The second kappa shape index (κ2) is 5.72. The molecule has 86 valence electrons. The second-order valence-electron chi connectivity index (χ2n) is 3.28. The summed E-state index contributed by atoms with van der Waals surface area (Å²) in [7, 11) is 0. The van der Waals surface area contributed by atoms with Crippen LogP contribution in [-0.4, -0.2) is 42.3 Å². The van der Waals surface area contributed by atoms with Crippen LogP contribution in [0, 0.1) is 0 Å². The Bertz CT molecular complexity index is 361. The summed E-state index contributed by atoms with van der Waals surface area (Å²) in [6.45, 7) is -0.00613. The Hall–Kier alpha value is -2.08. The molecule has 1 aliphatic heterocycles. The smallest absolute Gasteiger partial charge is 0.246 e. The Balaban J connectivity index is 2.32. The van der Waals surface area contributed by atoms with Crippen molar-refractivity contribution in [3.05, 3.63) is 10.4 Å². The Morgan fingerprint density at radius 1 is 1.50 bits per heavy atom. The van der Waals surface area contributed by atoms with Gasteiger partial charge in [0, 0.05) is 17.9 Å². The number of hydrogen-bond donors (Lipinski definition) is 1. The fourth-order valence-corrected chi connectivity index (χ4v) is 1.37. The SMILES string of the molecule is [N-]=[N+]=NCC(=O)NC(=O)CN1CCCC1=O. The van der Waals surface area contributed by atoms with Crippen molar-refractivity contribution in [2.45, 2.75) is 12.8 Å². The Morgan fingerprint density at radius 3 is 2.81 bits per heavy atom. The van der Waals surface area contributed by atoms with Gasteiger partial charge < -0.3 is 4.90 Å². The monoisotopic (exact) mass is 225 g/mol. The number of hydrogen-bond acceptors (Lipinski definition) is 4. The molecule has 0 aromatic carbocycles. The number of likely N-dealkylation sites (tertiary alicyclic amines) is 1. The van der Waals surface area contributed by atoms with Crippen LogP contribution in [-0.2, 0) is 14.4 Å². The summed E-state index contributed by atoms with van der Waals surface area (Å²) in [5.41, 5.74) is 7.95. The number of carbonyl (C=O) groups is 3. The van der Waals surface area contributed by atoms with Crippen LogP contribution in [0.3, 0.4) is 0 Å². The predicted octanol–water partition coefficient (Wildman–Crippen LogP) is -0.438.